The van der Waals surface area contributed by atoms with Gasteiger partial charge in [-0.25, -0.2) is 14.5 Å². The molecular formula is C20H28F3N3O5. The van der Waals surface area contributed by atoms with Crippen molar-refractivity contribution in [3.63, 3.8) is 0 Å². The number of imide groups is 1. The van der Waals surface area contributed by atoms with E-state index in [4.69, 9.17) is 0 Å². The Labute approximate surface area is 177 Å². The number of halogens is 3. The van der Waals surface area contributed by atoms with Crippen LogP contribution in [0, 0.1) is 11.8 Å². The average Bonchev–Trinajstić information content (AvgIpc) is 2.66. The van der Waals surface area contributed by atoms with Crippen molar-refractivity contribution in [1.82, 2.24) is 15.5 Å². The zero-order valence-electron chi connectivity index (χ0n) is 17.2. The number of rotatable bonds is 5. The highest BCUT2D eigenvalue weighted by Gasteiger charge is 2.56. The Morgan fingerprint density at radius 1 is 1.32 bits per heavy atom. The standard InChI is InChI=1S/C20H28F3N3O5/c1-19(31)10-11(7-8-24-19)9-13-14(17(28)29)26(16(13)27)18(30)25-15(20(21,22)23)12-5-3-2-4-6-12/h10,12-15,24,31H,2-9H2,1H3,(H,25,30)(H,28,29). The van der Waals surface area contributed by atoms with Crippen LogP contribution in [0.15, 0.2) is 11.6 Å². The van der Waals surface area contributed by atoms with Crippen molar-refractivity contribution >= 4 is 17.9 Å². The summed E-state index contributed by atoms with van der Waals surface area (Å²) in [6.45, 7) is 1.93. The van der Waals surface area contributed by atoms with Crippen molar-refractivity contribution in [2.75, 3.05) is 6.54 Å². The predicted molar refractivity (Wildman–Crippen MR) is 103 cm³/mol. The van der Waals surface area contributed by atoms with Crippen molar-refractivity contribution in [3.05, 3.63) is 11.6 Å². The van der Waals surface area contributed by atoms with Gasteiger partial charge >= 0.3 is 18.2 Å². The Kier molecular flexibility index (Phi) is 6.66. The molecule has 2 aliphatic heterocycles. The molecule has 2 heterocycles. The number of likely N-dealkylation sites (tertiary alicyclic amines) is 1. The van der Waals surface area contributed by atoms with Crippen molar-refractivity contribution < 1.29 is 37.8 Å². The third-order valence-electron chi connectivity index (χ3n) is 6.33. The van der Waals surface area contributed by atoms with E-state index in [1.807, 2.05) is 5.32 Å². The second-order valence-electron chi connectivity index (χ2n) is 8.80. The molecule has 0 aromatic heterocycles. The smallest absolute Gasteiger partial charge is 0.408 e. The fraction of sp³-hybridized carbons (Fsp3) is 0.750. The number of carboxylic acid groups (broad SMARTS) is 1. The molecule has 11 heteroatoms. The largest absolute Gasteiger partial charge is 0.480 e. The fourth-order valence-corrected chi connectivity index (χ4v) is 4.83. The summed E-state index contributed by atoms with van der Waals surface area (Å²) in [5, 5.41) is 24.3. The molecule has 2 fully saturated rings. The summed E-state index contributed by atoms with van der Waals surface area (Å²) in [5.41, 5.74) is -0.639. The quantitative estimate of drug-likeness (QED) is 0.379. The maximum atomic E-state index is 13.6. The molecule has 4 unspecified atom stereocenters. The minimum absolute atomic E-state index is 0.0166. The molecule has 0 aromatic carbocycles. The minimum atomic E-state index is -4.70. The lowest BCUT2D eigenvalue weighted by Gasteiger charge is -2.44. The predicted octanol–water partition coefficient (Wildman–Crippen LogP) is 2.14. The first kappa shape index (κ1) is 23.5. The van der Waals surface area contributed by atoms with Gasteiger partial charge in [0, 0.05) is 6.54 Å². The summed E-state index contributed by atoms with van der Waals surface area (Å²) < 4.78 is 40.8. The van der Waals surface area contributed by atoms with Gasteiger partial charge in [-0.05, 0) is 44.6 Å². The number of urea groups is 1. The maximum Gasteiger partial charge on any atom is 0.408 e. The molecular weight excluding hydrogens is 419 g/mol. The summed E-state index contributed by atoms with van der Waals surface area (Å²) >= 11 is 0. The van der Waals surface area contributed by atoms with Crippen LogP contribution < -0.4 is 10.6 Å². The second kappa shape index (κ2) is 8.78. The van der Waals surface area contributed by atoms with Crippen molar-refractivity contribution in [1.29, 1.82) is 0 Å². The van der Waals surface area contributed by atoms with Gasteiger partial charge in [-0.15, -0.1) is 0 Å². The summed E-state index contributed by atoms with van der Waals surface area (Å²) in [6.07, 6.45) is 0.00668. The molecule has 0 spiro atoms. The number of nitrogens with one attached hydrogen (secondary N) is 2. The molecule has 8 nitrogen and oxygen atoms in total. The molecule has 1 aliphatic carbocycles. The molecule has 0 aromatic rings. The summed E-state index contributed by atoms with van der Waals surface area (Å²) in [7, 11) is 0. The lowest BCUT2D eigenvalue weighted by atomic mass is 9.80. The normalized spacial score (nSPS) is 30.9. The van der Waals surface area contributed by atoms with Gasteiger partial charge in [-0.1, -0.05) is 24.8 Å². The number of hydrogen-bond acceptors (Lipinski definition) is 5. The van der Waals surface area contributed by atoms with Gasteiger partial charge in [0.25, 0.3) is 0 Å². The van der Waals surface area contributed by atoms with E-state index in [0.717, 1.165) is 6.42 Å². The zero-order valence-corrected chi connectivity index (χ0v) is 17.2. The van der Waals surface area contributed by atoms with Gasteiger partial charge in [0.05, 0.1) is 5.92 Å². The molecule has 3 amide bonds. The Hall–Kier alpha value is -2.14. The van der Waals surface area contributed by atoms with E-state index in [-0.39, 0.29) is 6.42 Å². The van der Waals surface area contributed by atoms with Crippen molar-refractivity contribution in [2.24, 2.45) is 11.8 Å². The van der Waals surface area contributed by atoms with E-state index < -0.39 is 53.7 Å². The zero-order chi connectivity index (χ0) is 23.0. The van der Waals surface area contributed by atoms with Crippen LogP contribution in [0.1, 0.15) is 51.9 Å². The molecule has 1 saturated heterocycles. The number of carbonyl (C=O) groups excluding carboxylic acids is 2. The average molecular weight is 447 g/mol. The fourth-order valence-electron chi connectivity index (χ4n) is 4.83. The number of carbonyl (C=O) groups is 3. The molecule has 0 bridgehead atoms. The third kappa shape index (κ3) is 5.20. The van der Waals surface area contributed by atoms with E-state index in [1.165, 1.54) is 13.0 Å². The molecule has 0 radical (unpaired) electrons. The van der Waals surface area contributed by atoms with Gasteiger partial charge < -0.3 is 15.5 Å². The van der Waals surface area contributed by atoms with Crippen LogP contribution in [0.4, 0.5) is 18.0 Å². The Bertz CT molecular complexity index is 762. The molecule has 3 aliphatic rings. The lowest BCUT2D eigenvalue weighted by Crippen LogP contribution is -2.69. The lowest BCUT2D eigenvalue weighted by molar-refractivity contribution is -0.172. The number of nitrogens with zero attached hydrogens (tertiary/aromatic N) is 1. The number of aliphatic carboxylic acids is 1. The number of amides is 3. The van der Waals surface area contributed by atoms with Crippen LogP contribution in [-0.4, -0.2) is 63.6 Å². The van der Waals surface area contributed by atoms with Gasteiger partial charge in [0.1, 0.15) is 11.8 Å². The molecule has 174 valence electrons. The first-order valence-electron chi connectivity index (χ1n) is 10.5. The Morgan fingerprint density at radius 2 is 1.97 bits per heavy atom. The maximum absolute atomic E-state index is 13.6. The van der Waals surface area contributed by atoms with Gasteiger partial charge in [0.2, 0.25) is 5.91 Å². The Morgan fingerprint density at radius 3 is 2.52 bits per heavy atom. The number of β-lactam (4-membered cyclic amide) rings is 1. The highest BCUT2D eigenvalue weighted by molar-refractivity contribution is 6.07. The van der Waals surface area contributed by atoms with Gasteiger partial charge in [-0.2, -0.15) is 13.2 Å². The number of carboxylic acids is 1. The van der Waals surface area contributed by atoms with Crippen molar-refractivity contribution in [3.8, 4) is 0 Å². The minimum Gasteiger partial charge on any atom is -0.480 e. The summed E-state index contributed by atoms with van der Waals surface area (Å²) in [4.78, 5) is 37.2. The second-order valence-corrected chi connectivity index (χ2v) is 8.80. The third-order valence-corrected chi connectivity index (χ3v) is 6.33. The van der Waals surface area contributed by atoms with Crippen LogP contribution in [0.5, 0.6) is 0 Å². The van der Waals surface area contributed by atoms with Crippen LogP contribution in [0.2, 0.25) is 0 Å². The van der Waals surface area contributed by atoms with Crippen LogP contribution in [-0.2, 0) is 9.59 Å². The molecule has 1 saturated carbocycles. The van der Waals surface area contributed by atoms with E-state index in [0.29, 0.717) is 49.1 Å². The molecule has 4 atom stereocenters. The SMILES string of the molecule is CC1(O)C=C(CC2C(=O)N(C(=O)NC(C3CCCCC3)C(F)(F)F)C2C(=O)O)CCN1. The number of aliphatic hydroxyl groups is 1. The monoisotopic (exact) mass is 447 g/mol. The van der Waals surface area contributed by atoms with Crippen LogP contribution in [0.3, 0.4) is 0 Å². The number of hydrogen-bond donors (Lipinski definition) is 4. The number of alkyl halides is 3. The van der Waals surface area contributed by atoms with E-state index in [1.54, 1.807) is 0 Å². The van der Waals surface area contributed by atoms with E-state index in [2.05, 4.69) is 5.32 Å². The van der Waals surface area contributed by atoms with Gasteiger partial charge in [-0.3, -0.25) is 10.1 Å². The van der Waals surface area contributed by atoms with Gasteiger partial charge in [0.15, 0.2) is 6.04 Å². The first-order valence-corrected chi connectivity index (χ1v) is 10.5. The van der Waals surface area contributed by atoms with Crippen molar-refractivity contribution in [2.45, 2.75) is 75.9 Å². The molecule has 31 heavy (non-hydrogen) atoms. The topological polar surface area (TPSA) is 119 Å². The highest BCUT2D eigenvalue weighted by atomic mass is 19.4. The summed E-state index contributed by atoms with van der Waals surface area (Å²) in [6, 6.07) is -5.00. The molecule has 3 rings (SSSR count). The van der Waals surface area contributed by atoms with Crippen LogP contribution in [0.25, 0.3) is 0 Å². The Balaban J connectivity index is 1.72. The first-order chi connectivity index (χ1) is 14.4. The highest BCUT2D eigenvalue weighted by Crippen LogP contribution is 2.37. The molecule has 4 N–H and O–H groups in total. The van der Waals surface area contributed by atoms with Crippen LogP contribution >= 0.6 is 0 Å². The van der Waals surface area contributed by atoms with E-state index in [9.17, 15) is 37.8 Å². The summed E-state index contributed by atoms with van der Waals surface area (Å²) in [5.74, 6) is -4.14. The van der Waals surface area contributed by atoms with E-state index >= 15 is 0 Å².